The third-order valence-electron chi connectivity index (χ3n) is 4.52. The molecule has 1 aromatic rings. The Morgan fingerprint density at radius 1 is 1.31 bits per heavy atom. The summed E-state index contributed by atoms with van der Waals surface area (Å²) in [5, 5.41) is 8.84. The van der Waals surface area contributed by atoms with Gasteiger partial charge in [0.2, 0.25) is 0 Å². The van der Waals surface area contributed by atoms with Crippen molar-refractivity contribution >= 4 is 17.9 Å². The number of halogens is 1. The molecule has 0 unspecified atom stereocenters. The molecule has 1 saturated heterocycles. The lowest BCUT2D eigenvalue weighted by Gasteiger charge is -2.32. The first-order valence-electron chi connectivity index (χ1n) is 9.57. The lowest BCUT2D eigenvalue weighted by molar-refractivity contribution is -0.159. The summed E-state index contributed by atoms with van der Waals surface area (Å²) in [6.07, 6.45) is 1.28. The molecule has 0 radical (unpaired) electrons. The van der Waals surface area contributed by atoms with Gasteiger partial charge in [-0.25, -0.2) is 19.5 Å². The predicted molar refractivity (Wildman–Crippen MR) is 103 cm³/mol. The van der Waals surface area contributed by atoms with Crippen LogP contribution in [0.2, 0.25) is 0 Å². The maximum absolute atomic E-state index is 13.9. The Hall–Kier alpha value is -2.68. The smallest absolute Gasteiger partial charge is 0.329 e. The van der Waals surface area contributed by atoms with Crippen LogP contribution >= 0.6 is 0 Å². The summed E-state index contributed by atoms with van der Waals surface area (Å²) < 4.78 is 19.3. The van der Waals surface area contributed by atoms with E-state index in [9.17, 15) is 18.8 Å². The van der Waals surface area contributed by atoms with Gasteiger partial charge in [0.15, 0.2) is 0 Å². The van der Waals surface area contributed by atoms with E-state index in [1.807, 2.05) is 0 Å². The average Bonchev–Trinajstić information content (AvgIpc) is 3.14. The van der Waals surface area contributed by atoms with E-state index in [4.69, 9.17) is 9.94 Å². The summed E-state index contributed by atoms with van der Waals surface area (Å²) in [6.45, 7) is 5.22. The largest absolute Gasteiger partial charge is 0.458 e. The third-order valence-corrected chi connectivity index (χ3v) is 4.52. The standard InChI is InChI=1S/C20H28FN3O5/c1-20(2,3)29-18(26)16-9-6-11-24(16)19(27)23(13-17(25)22-28)12-10-14-7-4-5-8-15(14)21/h4-5,7-8,16,28H,6,9-13H2,1-3H3,(H,22,25)/t16-/m0/s1. The number of esters is 1. The van der Waals surface area contributed by atoms with Crippen molar-refractivity contribution in [1.29, 1.82) is 0 Å². The number of urea groups is 1. The van der Waals surface area contributed by atoms with Gasteiger partial charge < -0.3 is 14.5 Å². The van der Waals surface area contributed by atoms with Crippen LogP contribution in [0.3, 0.4) is 0 Å². The molecule has 2 N–H and O–H groups in total. The highest BCUT2D eigenvalue weighted by atomic mass is 19.1. The van der Waals surface area contributed by atoms with E-state index >= 15 is 0 Å². The molecule has 160 valence electrons. The Bertz CT molecular complexity index is 750. The molecule has 0 saturated carbocycles. The molecule has 0 aliphatic carbocycles. The second-order valence-corrected chi connectivity index (χ2v) is 7.97. The zero-order chi connectivity index (χ0) is 21.6. The van der Waals surface area contributed by atoms with Crippen LogP contribution in [-0.4, -0.2) is 64.2 Å². The molecule has 1 heterocycles. The zero-order valence-corrected chi connectivity index (χ0v) is 17.0. The zero-order valence-electron chi connectivity index (χ0n) is 17.0. The van der Waals surface area contributed by atoms with E-state index < -0.39 is 41.9 Å². The molecule has 2 rings (SSSR count). The molecule has 0 aromatic heterocycles. The molecule has 1 aliphatic heterocycles. The Kier molecular flexibility index (Phi) is 7.55. The monoisotopic (exact) mass is 409 g/mol. The summed E-state index contributed by atoms with van der Waals surface area (Å²) in [6, 6.07) is 4.90. The molecule has 0 spiro atoms. The molecule has 3 amide bonds. The Labute approximate surface area is 169 Å². The van der Waals surface area contributed by atoms with Crippen molar-refractivity contribution in [1.82, 2.24) is 15.3 Å². The molecule has 0 bridgehead atoms. The quantitative estimate of drug-likeness (QED) is 0.426. The van der Waals surface area contributed by atoms with Crippen molar-refractivity contribution in [3.05, 3.63) is 35.6 Å². The number of rotatable bonds is 6. The minimum atomic E-state index is -0.778. The number of hydrogen-bond acceptors (Lipinski definition) is 5. The molecule has 1 fully saturated rings. The number of carbonyl (C=O) groups excluding carboxylic acids is 3. The summed E-state index contributed by atoms with van der Waals surface area (Å²) in [5.74, 6) is -1.68. The van der Waals surface area contributed by atoms with Crippen LogP contribution in [0.25, 0.3) is 0 Å². The maximum Gasteiger partial charge on any atom is 0.329 e. The van der Waals surface area contributed by atoms with E-state index in [-0.39, 0.29) is 13.0 Å². The van der Waals surface area contributed by atoms with E-state index in [0.29, 0.717) is 24.9 Å². The molecular weight excluding hydrogens is 381 g/mol. The van der Waals surface area contributed by atoms with Gasteiger partial charge in [0, 0.05) is 13.1 Å². The van der Waals surface area contributed by atoms with E-state index in [1.165, 1.54) is 21.3 Å². The summed E-state index contributed by atoms with van der Waals surface area (Å²) >= 11 is 0. The molecule has 9 heteroatoms. The number of benzene rings is 1. The second-order valence-electron chi connectivity index (χ2n) is 7.97. The number of nitrogens with zero attached hydrogens (tertiary/aromatic N) is 2. The Morgan fingerprint density at radius 3 is 2.62 bits per heavy atom. The average molecular weight is 409 g/mol. The van der Waals surface area contributed by atoms with E-state index in [2.05, 4.69) is 0 Å². The summed E-state index contributed by atoms with van der Waals surface area (Å²) in [5.41, 5.74) is 1.22. The minimum Gasteiger partial charge on any atom is -0.458 e. The summed E-state index contributed by atoms with van der Waals surface area (Å²) in [7, 11) is 0. The topological polar surface area (TPSA) is 99.2 Å². The number of hydrogen-bond donors (Lipinski definition) is 2. The van der Waals surface area contributed by atoms with Gasteiger partial charge in [-0.15, -0.1) is 0 Å². The maximum atomic E-state index is 13.9. The van der Waals surface area contributed by atoms with Gasteiger partial charge in [0.25, 0.3) is 5.91 Å². The molecule has 1 atom stereocenters. The van der Waals surface area contributed by atoms with Crippen molar-refractivity contribution in [2.75, 3.05) is 19.6 Å². The predicted octanol–water partition coefficient (Wildman–Crippen LogP) is 2.10. The first kappa shape index (κ1) is 22.6. The van der Waals surface area contributed by atoms with Crippen LogP contribution in [0, 0.1) is 5.82 Å². The number of carbonyl (C=O) groups is 3. The lowest BCUT2D eigenvalue weighted by atomic mass is 10.1. The number of likely N-dealkylation sites (tertiary alicyclic amines) is 1. The van der Waals surface area contributed by atoms with E-state index in [1.54, 1.807) is 39.0 Å². The van der Waals surface area contributed by atoms with Crippen LogP contribution in [0.15, 0.2) is 24.3 Å². The first-order valence-corrected chi connectivity index (χ1v) is 9.57. The molecule has 8 nitrogen and oxygen atoms in total. The van der Waals surface area contributed by atoms with Crippen molar-refractivity contribution < 1.29 is 28.7 Å². The van der Waals surface area contributed by atoms with Crippen molar-refractivity contribution in [2.45, 2.75) is 51.7 Å². The Morgan fingerprint density at radius 2 is 2.00 bits per heavy atom. The molecular formula is C20H28FN3O5. The SMILES string of the molecule is CC(C)(C)OC(=O)[C@@H]1CCCN1C(=O)N(CCc1ccccc1F)CC(=O)NO. The van der Waals surface area contributed by atoms with E-state index in [0.717, 1.165) is 0 Å². The van der Waals surface area contributed by atoms with Crippen LogP contribution in [-0.2, 0) is 20.7 Å². The molecule has 1 aliphatic rings. The normalized spacial score (nSPS) is 16.4. The van der Waals surface area contributed by atoms with Crippen molar-refractivity contribution in [3.8, 4) is 0 Å². The van der Waals surface area contributed by atoms with Gasteiger partial charge in [0.05, 0.1) is 0 Å². The molecule has 29 heavy (non-hydrogen) atoms. The number of amides is 3. The summed E-state index contributed by atoms with van der Waals surface area (Å²) in [4.78, 5) is 39.8. The highest BCUT2D eigenvalue weighted by Crippen LogP contribution is 2.23. The van der Waals surface area contributed by atoms with Crippen molar-refractivity contribution in [3.63, 3.8) is 0 Å². The van der Waals surface area contributed by atoms with Crippen LogP contribution in [0.5, 0.6) is 0 Å². The highest BCUT2D eigenvalue weighted by molar-refractivity contribution is 5.87. The van der Waals surface area contributed by atoms with Crippen LogP contribution in [0.1, 0.15) is 39.2 Å². The lowest BCUT2D eigenvalue weighted by Crippen LogP contribution is -2.52. The van der Waals surface area contributed by atoms with Crippen LogP contribution < -0.4 is 5.48 Å². The fourth-order valence-corrected chi connectivity index (χ4v) is 3.20. The molecule has 1 aromatic carbocycles. The van der Waals surface area contributed by atoms with Crippen molar-refractivity contribution in [2.24, 2.45) is 0 Å². The number of nitrogens with one attached hydrogen (secondary N) is 1. The van der Waals surface area contributed by atoms with Gasteiger partial charge in [-0.2, -0.15) is 0 Å². The first-order chi connectivity index (χ1) is 13.6. The van der Waals surface area contributed by atoms with Gasteiger partial charge >= 0.3 is 12.0 Å². The Balaban J connectivity index is 2.13. The van der Waals surface area contributed by atoms with Gasteiger partial charge in [-0.1, -0.05) is 18.2 Å². The third kappa shape index (κ3) is 6.42. The minimum absolute atomic E-state index is 0.0464. The second kappa shape index (κ2) is 9.69. The number of hydroxylamine groups is 1. The van der Waals surface area contributed by atoms with Crippen LogP contribution in [0.4, 0.5) is 9.18 Å². The highest BCUT2D eigenvalue weighted by Gasteiger charge is 2.39. The van der Waals surface area contributed by atoms with Gasteiger partial charge in [-0.05, 0) is 51.7 Å². The fraction of sp³-hybridized carbons (Fsp3) is 0.550. The van der Waals surface area contributed by atoms with Gasteiger partial charge in [0.1, 0.15) is 24.0 Å². The number of ether oxygens (including phenoxy) is 1. The fourth-order valence-electron chi connectivity index (χ4n) is 3.20. The van der Waals surface area contributed by atoms with Gasteiger partial charge in [-0.3, -0.25) is 10.0 Å².